The molecule has 0 saturated carbocycles. The van der Waals surface area contributed by atoms with Gasteiger partial charge in [0.05, 0.1) is 6.54 Å². The molecule has 1 N–H and O–H groups in total. The topological polar surface area (TPSA) is 47.0 Å². The predicted octanol–water partition coefficient (Wildman–Crippen LogP) is 0.276. The zero-order valence-electron chi connectivity index (χ0n) is 11.9. The third-order valence-corrected chi connectivity index (χ3v) is 3.31. The highest BCUT2D eigenvalue weighted by atomic mass is 16.4. The van der Waals surface area contributed by atoms with E-state index < -0.39 is 5.97 Å². The number of carbonyl (C=O) groups is 1. The van der Waals surface area contributed by atoms with Crippen molar-refractivity contribution < 1.29 is 9.90 Å². The summed E-state index contributed by atoms with van der Waals surface area (Å²) in [5, 5.41) is 8.91. The Morgan fingerprint density at radius 3 is 2.39 bits per heavy atom. The standard InChI is InChI=1S/C13H27N3O2/c1-12(2)10-16(11-13(17)18)9-8-15-6-4-14(3)5-7-15/h12H,4-11H2,1-3H3,(H,17,18). The lowest BCUT2D eigenvalue weighted by atomic mass is 10.2. The van der Waals surface area contributed by atoms with Crippen LogP contribution in [-0.4, -0.2) is 85.2 Å². The molecule has 0 radical (unpaired) electrons. The van der Waals surface area contributed by atoms with Crippen molar-refractivity contribution in [1.29, 1.82) is 0 Å². The van der Waals surface area contributed by atoms with E-state index in [1.807, 2.05) is 4.90 Å². The van der Waals surface area contributed by atoms with Crippen molar-refractivity contribution in [1.82, 2.24) is 14.7 Å². The summed E-state index contributed by atoms with van der Waals surface area (Å²) in [5.74, 6) is -0.217. The van der Waals surface area contributed by atoms with Gasteiger partial charge in [-0.25, -0.2) is 0 Å². The Labute approximate surface area is 110 Å². The Kier molecular flexibility index (Phi) is 6.60. The van der Waals surface area contributed by atoms with Gasteiger partial charge in [0.25, 0.3) is 0 Å². The summed E-state index contributed by atoms with van der Waals surface area (Å²) in [7, 11) is 2.15. The van der Waals surface area contributed by atoms with E-state index in [2.05, 4.69) is 30.7 Å². The van der Waals surface area contributed by atoms with E-state index >= 15 is 0 Å². The maximum absolute atomic E-state index is 10.8. The molecule has 0 spiro atoms. The van der Waals surface area contributed by atoms with E-state index in [0.29, 0.717) is 5.92 Å². The minimum absolute atomic E-state index is 0.159. The molecule has 5 heteroatoms. The molecule has 1 aliphatic heterocycles. The Morgan fingerprint density at radius 2 is 1.89 bits per heavy atom. The number of aliphatic carboxylic acids is 1. The number of likely N-dealkylation sites (N-methyl/N-ethyl adjacent to an activating group) is 1. The summed E-state index contributed by atoms with van der Waals surface area (Å²) in [6, 6.07) is 0. The molecule has 1 aliphatic rings. The number of carboxylic acids is 1. The second kappa shape index (κ2) is 7.71. The first-order valence-electron chi connectivity index (χ1n) is 6.82. The number of piperazine rings is 1. The highest BCUT2D eigenvalue weighted by Gasteiger charge is 2.16. The first kappa shape index (κ1) is 15.4. The van der Waals surface area contributed by atoms with Gasteiger partial charge in [-0.2, -0.15) is 0 Å². The average Bonchev–Trinajstić information content (AvgIpc) is 2.26. The van der Waals surface area contributed by atoms with Gasteiger partial charge in [-0.3, -0.25) is 14.6 Å². The second-order valence-corrected chi connectivity index (χ2v) is 5.67. The summed E-state index contributed by atoms with van der Waals surface area (Å²) < 4.78 is 0. The van der Waals surface area contributed by atoms with E-state index in [1.165, 1.54) is 0 Å². The maximum Gasteiger partial charge on any atom is 0.317 e. The Hall–Kier alpha value is -0.650. The number of hydrogen-bond acceptors (Lipinski definition) is 4. The maximum atomic E-state index is 10.8. The van der Waals surface area contributed by atoms with Gasteiger partial charge in [-0.05, 0) is 13.0 Å². The lowest BCUT2D eigenvalue weighted by Gasteiger charge is -2.34. The van der Waals surface area contributed by atoms with Crippen LogP contribution in [0.4, 0.5) is 0 Å². The first-order valence-corrected chi connectivity index (χ1v) is 6.82. The van der Waals surface area contributed by atoms with Crippen LogP contribution in [-0.2, 0) is 4.79 Å². The van der Waals surface area contributed by atoms with Gasteiger partial charge in [-0.1, -0.05) is 13.8 Å². The van der Waals surface area contributed by atoms with Crippen LogP contribution in [0.1, 0.15) is 13.8 Å². The zero-order valence-corrected chi connectivity index (χ0v) is 11.9. The van der Waals surface area contributed by atoms with E-state index in [-0.39, 0.29) is 6.54 Å². The highest BCUT2D eigenvalue weighted by Crippen LogP contribution is 2.02. The third-order valence-electron chi connectivity index (χ3n) is 3.31. The van der Waals surface area contributed by atoms with Crippen LogP contribution in [0.15, 0.2) is 0 Å². The molecular formula is C13H27N3O2. The highest BCUT2D eigenvalue weighted by molar-refractivity contribution is 5.69. The van der Waals surface area contributed by atoms with Crippen LogP contribution in [0, 0.1) is 5.92 Å². The fourth-order valence-corrected chi connectivity index (χ4v) is 2.30. The van der Waals surface area contributed by atoms with Gasteiger partial charge in [0, 0.05) is 45.8 Å². The predicted molar refractivity (Wildman–Crippen MR) is 72.9 cm³/mol. The van der Waals surface area contributed by atoms with Gasteiger partial charge in [-0.15, -0.1) is 0 Å². The first-order chi connectivity index (χ1) is 8.47. The lowest BCUT2D eigenvalue weighted by Crippen LogP contribution is -2.47. The van der Waals surface area contributed by atoms with Gasteiger partial charge < -0.3 is 10.0 Å². The molecule has 18 heavy (non-hydrogen) atoms. The Bertz CT molecular complexity index is 251. The summed E-state index contributed by atoms with van der Waals surface area (Å²) in [5.41, 5.74) is 0. The van der Waals surface area contributed by atoms with Crippen LogP contribution in [0.25, 0.3) is 0 Å². The molecule has 0 amide bonds. The summed E-state index contributed by atoms with van der Waals surface area (Å²) in [6.45, 7) is 11.5. The SMILES string of the molecule is CC(C)CN(CCN1CCN(C)CC1)CC(=O)O. The van der Waals surface area contributed by atoms with Crippen molar-refractivity contribution in [2.75, 3.05) is 59.4 Å². The minimum atomic E-state index is -0.728. The van der Waals surface area contributed by atoms with Crippen molar-refractivity contribution >= 4 is 5.97 Å². The largest absolute Gasteiger partial charge is 0.480 e. The molecule has 0 aromatic heterocycles. The van der Waals surface area contributed by atoms with Gasteiger partial charge in [0.2, 0.25) is 0 Å². The molecule has 1 heterocycles. The molecule has 0 unspecified atom stereocenters. The molecule has 0 bridgehead atoms. The fourth-order valence-electron chi connectivity index (χ4n) is 2.30. The van der Waals surface area contributed by atoms with E-state index in [4.69, 9.17) is 5.11 Å². The lowest BCUT2D eigenvalue weighted by molar-refractivity contribution is -0.138. The van der Waals surface area contributed by atoms with Crippen LogP contribution in [0.3, 0.4) is 0 Å². The molecule has 0 aromatic carbocycles. The molecular weight excluding hydrogens is 230 g/mol. The number of hydrogen-bond donors (Lipinski definition) is 1. The molecule has 1 rings (SSSR count). The van der Waals surface area contributed by atoms with Crippen molar-refractivity contribution in [3.63, 3.8) is 0 Å². The molecule has 0 atom stereocenters. The third kappa shape index (κ3) is 6.33. The molecule has 106 valence electrons. The number of rotatable bonds is 7. The number of carboxylic acid groups (broad SMARTS) is 1. The van der Waals surface area contributed by atoms with Crippen molar-refractivity contribution in [3.05, 3.63) is 0 Å². The van der Waals surface area contributed by atoms with Crippen LogP contribution in [0.5, 0.6) is 0 Å². The van der Waals surface area contributed by atoms with Crippen molar-refractivity contribution in [2.45, 2.75) is 13.8 Å². The van der Waals surface area contributed by atoms with Crippen LogP contribution >= 0.6 is 0 Å². The van der Waals surface area contributed by atoms with E-state index in [1.54, 1.807) is 0 Å². The molecule has 1 saturated heterocycles. The molecule has 5 nitrogen and oxygen atoms in total. The summed E-state index contributed by atoms with van der Waals surface area (Å²) in [6.07, 6.45) is 0. The normalized spacial score (nSPS) is 18.7. The quantitative estimate of drug-likeness (QED) is 0.710. The molecule has 0 aromatic rings. The zero-order chi connectivity index (χ0) is 13.5. The fraction of sp³-hybridized carbons (Fsp3) is 0.923. The Balaban J connectivity index is 2.29. The van der Waals surface area contributed by atoms with E-state index in [9.17, 15) is 4.79 Å². The van der Waals surface area contributed by atoms with Crippen molar-refractivity contribution in [2.24, 2.45) is 5.92 Å². The van der Waals surface area contributed by atoms with E-state index in [0.717, 1.165) is 45.8 Å². The summed E-state index contributed by atoms with van der Waals surface area (Å²) >= 11 is 0. The van der Waals surface area contributed by atoms with Crippen molar-refractivity contribution in [3.8, 4) is 0 Å². The van der Waals surface area contributed by atoms with Gasteiger partial charge >= 0.3 is 5.97 Å². The van der Waals surface area contributed by atoms with Gasteiger partial charge in [0.15, 0.2) is 0 Å². The number of nitrogens with zero attached hydrogens (tertiary/aromatic N) is 3. The minimum Gasteiger partial charge on any atom is -0.480 e. The average molecular weight is 257 g/mol. The molecule has 1 fully saturated rings. The monoisotopic (exact) mass is 257 g/mol. The van der Waals surface area contributed by atoms with Gasteiger partial charge in [0.1, 0.15) is 0 Å². The smallest absolute Gasteiger partial charge is 0.317 e. The molecule has 0 aliphatic carbocycles. The van der Waals surface area contributed by atoms with Crippen LogP contribution in [0.2, 0.25) is 0 Å². The summed E-state index contributed by atoms with van der Waals surface area (Å²) in [4.78, 5) is 17.6. The van der Waals surface area contributed by atoms with Crippen LogP contribution < -0.4 is 0 Å². The Morgan fingerprint density at radius 1 is 1.28 bits per heavy atom. The second-order valence-electron chi connectivity index (χ2n) is 5.67.